The zero-order chi connectivity index (χ0) is 26.7. The first kappa shape index (κ1) is 26.6. The minimum atomic E-state index is -1.06. The van der Waals surface area contributed by atoms with Gasteiger partial charge >= 0.3 is 5.97 Å². The number of amides is 1. The Balaban J connectivity index is 1.53. The van der Waals surface area contributed by atoms with Crippen LogP contribution in [-0.4, -0.2) is 39.0 Å². The fourth-order valence-corrected chi connectivity index (χ4v) is 5.78. The number of carboxylic acids is 1. The van der Waals surface area contributed by atoms with Crippen molar-refractivity contribution >= 4 is 78.1 Å². The lowest BCUT2D eigenvalue weighted by Gasteiger charge is -2.11. The molecule has 0 atom stereocenters. The number of nitro groups is 1. The number of rotatable bonds is 7. The SMILES string of the molecule is CN1C(=O)/C(=C/c2cc(Br)c(OCc3cccc([N+](=O)[O-])c3)c(Br)c2)SC1=Nc1cccc(C(=O)O)c1. The van der Waals surface area contributed by atoms with Crippen LogP contribution in [0.2, 0.25) is 0 Å². The molecule has 1 aliphatic heterocycles. The summed E-state index contributed by atoms with van der Waals surface area (Å²) in [5, 5.41) is 20.6. The second kappa shape index (κ2) is 11.3. The van der Waals surface area contributed by atoms with Gasteiger partial charge in [0.2, 0.25) is 0 Å². The standard InChI is InChI=1S/C25H17Br2N3O6S/c1-29-23(31)21(37-25(29)28-17-6-3-5-16(12-17)24(32)33)11-15-9-19(26)22(20(27)10-15)36-13-14-4-2-7-18(8-14)30(34)35/h2-12H,13H2,1H3,(H,32,33)/b21-11-,28-25?. The van der Waals surface area contributed by atoms with Crippen molar-refractivity contribution in [3.8, 4) is 5.75 Å². The highest BCUT2D eigenvalue weighted by Crippen LogP contribution is 2.38. The number of aromatic carboxylic acids is 1. The maximum atomic E-state index is 12.8. The van der Waals surface area contributed by atoms with E-state index in [0.717, 1.165) is 5.56 Å². The Labute approximate surface area is 232 Å². The molecule has 0 unspecified atom stereocenters. The third kappa shape index (κ3) is 6.27. The number of carbonyl (C=O) groups is 2. The molecule has 0 aliphatic carbocycles. The van der Waals surface area contributed by atoms with Crippen molar-refractivity contribution in [1.29, 1.82) is 0 Å². The van der Waals surface area contributed by atoms with E-state index in [1.807, 2.05) is 0 Å². The molecule has 0 bridgehead atoms. The van der Waals surface area contributed by atoms with Crippen molar-refractivity contribution in [2.75, 3.05) is 7.05 Å². The Morgan fingerprint density at radius 2 is 1.86 bits per heavy atom. The van der Waals surface area contributed by atoms with Gasteiger partial charge in [0.25, 0.3) is 11.6 Å². The summed E-state index contributed by atoms with van der Waals surface area (Å²) in [6.07, 6.45) is 1.72. The molecule has 188 valence electrons. The van der Waals surface area contributed by atoms with Crippen LogP contribution in [0.25, 0.3) is 6.08 Å². The van der Waals surface area contributed by atoms with Crippen LogP contribution in [0.5, 0.6) is 5.75 Å². The molecule has 1 aliphatic rings. The number of benzene rings is 3. The Hall–Kier alpha value is -3.48. The molecule has 0 aromatic heterocycles. The van der Waals surface area contributed by atoms with E-state index in [1.165, 1.54) is 40.9 Å². The van der Waals surface area contributed by atoms with Crippen LogP contribution in [0.4, 0.5) is 11.4 Å². The molecule has 0 saturated carbocycles. The second-order valence-corrected chi connectivity index (χ2v) is 10.5. The zero-order valence-corrected chi connectivity index (χ0v) is 23.0. The molecule has 3 aromatic carbocycles. The van der Waals surface area contributed by atoms with E-state index in [1.54, 1.807) is 49.5 Å². The quantitative estimate of drug-likeness (QED) is 0.174. The maximum Gasteiger partial charge on any atom is 0.335 e. The number of halogens is 2. The van der Waals surface area contributed by atoms with Crippen LogP contribution < -0.4 is 4.74 Å². The molecule has 0 radical (unpaired) electrons. The van der Waals surface area contributed by atoms with Crippen LogP contribution in [0, 0.1) is 10.1 Å². The third-order valence-electron chi connectivity index (χ3n) is 5.14. The van der Waals surface area contributed by atoms with Crippen LogP contribution in [-0.2, 0) is 11.4 Å². The number of ether oxygens (including phenoxy) is 1. The van der Waals surface area contributed by atoms with Crippen LogP contribution in [0.15, 0.2) is 79.5 Å². The second-order valence-electron chi connectivity index (χ2n) is 7.75. The number of aliphatic imine (C=N–C) groups is 1. The third-order valence-corrected chi connectivity index (χ3v) is 7.38. The molecule has 1 fully saturated rings. The number of thioether (sulfide) groups is 1. The average molecular weight is 647 g/mol. The molecule has 37 heavy (non-hydrogen) atoms. The molecule has 3 aromatic rings. The van der Waals surface area contributed by atoms with E-state index in [0.29, 0.717) is 36.0 Å². The first-order valence-electron chi connectivity index (χ1n) is 10.6. The number of hydrogen-bond donors (Lipinski definition) is 1. The largest absolute Gasteiger partial charge is 0.487 e. The van der Waals surface area contributed by atoms with Crippen molar-refractivity contribution in [1.82, 2.24) is 4.90 Å². The van der Waals surface area contributed by atoms with Gasteiger partial charge in [0.15, 0.2) is 5.17 Å². The molecule has 9 nitrogen and oxygen atoms in total. The fourth-order valence-electron chi connectivity index (χ4n) is 3.34. The van der Waals surface area contributed by atoms with E-state index in [2.05, 4.69) is 36.9 Å². The number of nitro benzene ring substituents is 1. The smallest absolute Gasteiger partial charge is 0.335 e. The van der Waals surface area contributed by atoms with Crippen LogP contribution in [0.3, 0.4) is 0 Å². The summed E-state index contributed by atoms with van der Waals surface area (Å²) in [4.78, 5) is 40.9. The first-order chi connectivity index (χ1) is 17.6. The Morgan fingerprint density at radius 3 is 2.54 bits per heavy atom. The molecular formula is C25H17Br2N3O6S. The fraction of sp³-hybridized carbons (Fsp3) is 0.0800. The van der Waals surface area contributed by atoms with E-state index in [4.69, 9.17) is 4.74 Å². The molecule has 1 N–H and O–H groups in total. The molecule has 12 heteroatoms. The number of carbonyl (C=O) groups excluding carboxylic acids is 1. The van der Waals surface area contributed by atoms with E-state index in [-0.39, 0.29) is 23.8 Å². The minimum absolute atomic E-state index is 0.0117. The molecule has 1 heterocycles. The highest BCUT2D eigenvalue weighted by Gasteiger charge is 2.30. The van der Waals surface area contributed by atoms with Crippen molar-refractivity contribution in [3.63, 3.8) is 0 Å². The highest BCUT2D eigenvalue weighted by molar-refractivity contribution is 9.11. The van der Waals surface area contributed by atoms with E-state index in [9.17, 15) is 24.8 Å². The van der Waals surface area contributed by atoms with Gasteiger partial charge < -0.3 is 9.84 Å². The number of nitrogens with zero attached hydrogens (tertiary/aromatic N) is 3. The molecule has 4 rings (SSSR count). The van der Waals surface area contributed by atoms with Gasteiger partial charge in [-0.15, -0.1) is 0 Å². The van der Waals surface area contributed by atoms with Gasteiger partial charge in [-0.1, -0.05) is 18.2 Å². The zero-order valence-electron chi connectivity index (χ0n) is 19.1. The van der Waals surface area contributed by atoms with Crippen molar-refractivity contribution in [2.24, 2.45) is 4.99 Å². The van der Waals surface area contributed by atoms with E-state index >= 15 is 0 Å². The van der Waals surface area contributed by atoms with Gasteiger partial charge in [-0.2, -0.15) is 0 Å². The predicted octanol–water partition coefficient (Wildman–Crippen LogP) is 6.63. The van der Waals surface area contributed by atoms with Crippen molar-refractivity contribution in [3.05, 3.63) is 101 Å². The average Bonchev–Trinajstić information content (AvgIpc) is 3.11. The lowest BCUT2D eigenvalue weighted by molar-refractivity contribution is -0.384. The Morgan fingerprint density at radius 1 is 1.16 bits per heavy atom. The van der Waals surface area contributed by atoms with Gasteiger partial charge in [-0.3, -0.25) is 19.8 Å². The molecular weight excluding hydrogens is 630 g/mol. The number of likely N-dealkylation sites (N-methyl/N-ethyl adjacent to an activating group) is 1. The van der Waals surface area contributed by atoms with Gasteiger partial charge in [-0.05, 0) is 91.2 Å². The van der Waals surface area contributed by atoms with E-state index < -0.39 is 10.9 Å². The Bertz CT molecular complexity index is 1470. The van der Waals surface area contributed by atoms with Gasteiger partial charge in [0.05, 0.1) is 30.0 Å². The summed E-state index contributed by atoms with van der Waals surface area (Å²) in [5.41, 5.74) is 1.90. The summed E-state index contributed by atoms with van der Waals surface area (Å²) in [5.74, 6) is -0.784. The van der Waals surface area contributed by atoms with Crippen LogP contribution in [0.1, 0.15) is 21.5 Å². The number of hydrogen-bond acceptors (Lipinski definition) is 7. The van der Waals surface area contributed by atoms with Crippen LogP contribution >= 0.6 is 43.6 Å². The number of non-ortho nitro benzene ring substituents is 1. The highest BCUT2D eigenvalue weighted by atomic mass is 79.9. The predicted molar refractivity (Wildman–Crippen MR) is 148 cm³/mol. The molecule has 0 spiro atoms. The normalized spacial score (nSPS) is 15.4. The Kier molecular flexibility index (Phi) is 8.10. The summed E-state index contributed by atoms with van der Waals surface area (Å²) >= 11 is 8.17. The summed E-state index contributed by atoms with van der Waals surface area (Å²) in [7, 11) is 1.60. The maximum absolute atomic E-state index is 12.8. The number of carboxylic acid groups (broad SMARTS) is 1. The summed E-state index contributed by atoms with van der Waals surface area (Å²) in [6.45, 7) is 0.126. The lowest BCUT2D eigenvalue weighted by Crippen LogP contribution is -2.23. The molecule has 1 amide bonds. The monoisotopic (exact) mass is 645 g/mol. The van der Waals surface area contributed by atoms with Gasteiger partial charge in [0, 0.05) is 19.2 Å². The van der Waals surface area contributed by atoms with Gasteiger partial charge in [-0.25, -0.2) is 9.79 Å². The minimum Gasteiger partial charge on any atom is -0.487 e. The lowest BCUT2D eigenvalue weighted by atomic mass is 10.2. The van der Waals surface area contributed by atoms with Crippen molar-refractivity contribution < 1.29 is 24.4 Å². The molecule has 1 saturated heterocycles. The number of amidine groups is 1. The summed E-state index contributed by atoms with van der Waals surface area (Å²) in [6, 6.07) is 16.0. The van der Waals surface area contributed by atoms with Gasteiger partial charge in [0.1, 0.15) is 12.4 Å². The first-order valence-corrected chi connectivity index (χ1v) is 13.0. The summed E-state index contributed by atoms with van der Waals surface area (Å²) < 4.78 is 7.14. The van der Waals surface area contributed by atoms with Crippen molar-refractivity contribution in [2.45, 2.75) is 6.61 Å². The topological polar surface area (TPSA) is 122 Å².